The summed E-state index contributed by atoms with van der Waals surface area (Å²) in [5.41, 5.74) is 3.62. The third-order valence-corrected chi connectivity index (χ3v) is 2.30. The van der Waals surface area contributed by atoms with Crippen molar-refractivity contribution in [3.8, 4) is 0 Å². The second kappa shape index (κ2) is 2.95. The Kier molecular flexibility index (Phi) is 1.93. The highest BCUT2D eigenvalue weighted by Gasteiger charge is 2.23. The van der Waals surface area contributed by atoms with Gasteiger partial charge < -0.3 is 4.55 Å². The summed E-state index contributed by atoms with van der Waals surface area (Å²) in [5, 5.41) is 0. The van der Waals surface area contributed by atoms with Crippen LogP contribution in [0.1, 0.15) is 11.8 Å². The summed E-state index contributed by atoms with van der Waals surface area (Å²) >= 11 is -1.89. The summed E-state index contributed by atoms with van der Waals surface area (Å²) in [6.45, 7) is 0. The Hall–Kier alpha value is -0.750. The van der Waals surface area contributed by atoms with Crippen LogP contribution in [0.4, 0.5) is 0 Å². The fraction of sp³-hybridized carbons (Fsp3) is 0.143. The molecule has 1 aliphatic heterocycles. The third-order valence-electron chi connectivity index (χ3n) is 1.62. The van der Waals surface area contributed by atoms with Crippen LogP contribution in [0.25, 0.3) is 0 Å². The van der Waals surface area contributed by atoms with Crippen LogP contribution in [0, 0.1) is 0 Å². The largest absolute Gasteiger partial charge is 0.302 e. The summed E-state index contributed by atoms with van der Waals surface area (Å²) in [6, 6.07) is 6.73. The van der Waals surface area contributed by atoms with Gasteiger partial charge in [0, 0.05) is 0 Å². The molecule has 0 spiro atoms. The Morgan fingerprint density at radius 1 is 1.42 bits per heavy atom. The monoisotopic (exact) mass is 185 g/mol. The van der Waals surface area contributed by atoms with Crippen molar-refractivity contribution in [2.24, 2.45) is 0 Å². The van der Waals surface area contributed by atoms with Gasteiger partial charge in [-0.1, -0.05) is 12.1 Å². The summed E-state index contributed by atoms with van der Waals surface area (Å²) in [7, 11) is 0. The van der Waals surface area contributed by atoms with E-state index in [0.29, 0.717) is 4.90 Å². The Bertz CT molecular complexity index is 307. The Balaban J connectivity index is 2.24. The van der Waals surface area contributed by atoms with Gasteiger partial charge >= 0.3 is 0 Å². The normalized spacial score (nSPS) is 23.6. The Morgan fingerprint density at radius 2 is 2.00 bits per heavy atom. The van der Waals surface area contributed by atoms with Gasteiger partial charge in [-0.15, -0.1) is 0 Å². The summed E-state index contributed by atoms with van der Waals surface area (Å²) in [5.74, 6) is 0. The molecule has 1 fully saturated rings. The lowest BCUT2D eigenvalue weighted by Crippen LogP contribution is -1.89. The van der Waals surface area contributed by atoms with Gasteiger partial charge in [0.15, 0.2) is 17.3 Å². The summed E-state index contributed by atoms with van der Waals surface area (Å²) in [6.07, 6.45) is -0.0359. The minimum absolute atomic E-state index is 0.0359. The fourth-order valence-electron chi connectivity index (χ4n) is 0.929. The molecule has 0 aliphatic carbocycles. The molecular formula is C7H7NO3S. The number of hydrogen-bond acceptors (Lipinski definition) is 3. The van der Waals surface area contributed by atoms with E-state index < -0.39 is 11.1 Å². The van der Waals surface area contributed by atoms with Crippen LogP contribution in [0.15, 0.2) is 29.2 Å². The predicted octanol–water partition coefficient (Wildman–Crippen LogP) is 0.801. The quantitative estimate of drug-likeness (QED) is 0.528. The molecule has 1 aromatic carbocycles. The van der Waals surface area contributed by atoms with E-state index >= 15 is 0 Å². The molecule has 12 heavy (non-hydrogen) atoms. The van der Waals surface area contributed by atoms with Crippen molar-refractivity contribution in [1.29, 1.82) is 0 Å². The highest BCUT2D eigenvalue weighted by molar-refractivity contribution is 7.79. The molecule has 1 aromatic rings. The SMILES string of the molecule is O=S(O)c1ccc(C2NO2)cc1. The lowest BCUT2D eigenvalue weighted by atomic mass is 10.2. The number of benzene rings is 1. The van der Waals surface area contributed by atoms with Gasteiger partial charge in [0.2, 0.25) is 0 Å². The molecule has 64 valence electrons. The smallest absolute Gasteiger partial charge is 0.186 e. The van der Waals surface area contributed by atoms with Gasteiger partial charge in [-0.3, -0.25) is 4.84 Å². The number of hydroxylamine groups is 1. The van der Waals surface area contributed by atoms with Gasteiger partial charge in [-0.2, -0.15) is 5.48 Å². The van der Waals surface area contributed by atoms with Crippen LogP contribution in [-0.2, 0) is 15.9 Å². The van der Waals surface area contributed by atoms with Crippen molar-refractivity contribution in [3.63, 3.8) is 0 Å². The molecule has 1 heterocycles. The van der Waals surface area contributed by atoms with E-state index in [2.05, 4.69) is 5.48 Å². The van der Waals surface area contributed by atoms with E-state index in [-0.39, 0.29) is 6.23 Å². The van der Waals surface area contributed by atoms with Gasteiger partial charge in [-0.05, 0) is 17.7 Å². The number of hydrogen-bond donors (Lipinski definition) is 2. The minimum Gasteiger partial charge on any atom is -0.302 e. The third kappa shape index (κ3) is 1.54. The first-order valence-electron chi connectivity index (χ1n) is 3.39. The van der Waals surface area contributed by atoms with Crippen LogP contribution >= 0.6 is 0 Å². The fourth-order valence-corrected chi connectivity index (χ4v) is 1.30. The molecule has 2 rings (SSSR count). The highest BCUT2D eigenvalue weighted by atomic mass is 32.2. The van der Waals surface area contributed by atoms with Gasteiger partial charge in [0.05, 0.1) is 4.90 Å². The van der Waals surface area contributed by atoms with Crippen LogP contribution < -0.4 is 5.48 Å². The molecular weight excluding hydrogens is 178 g/mol. The molecule has 1 aliphatic rings. The zero-order valence-corrected chi connectivity index (χ0v) is 6.88. The lowest BCUT2D eigenvalue weighted by Gasteiger charge is -1.95. The van der Waals surface area contributed by atoms with Crippen molar-refractivity contribution in [2.75, 3.05) is 0 Å². The number of nitrogens with one attached hydrogen (secondary N) is 1. The van der Waals surface area contributed by atoms with Crippen molar-refractivity contribution in [2.45, 2.75) is 11.1 Å². The first-order valence-corrected chi connectivity index (χ1v) is 4.50. The maximum atomic E-state index is 10.6. The van der Waals surface area contributed by atoms with E-state index in [1.807, 2.05) is 0 Å². The van der Waals surface area contributed by atoms with Crippen molar-refractivity contribution in [3.05, 3.63) is 29.8 Å². The van der Waals surface area contributed by atoms with E-state index in [9.17, 15) is 4.21 Å². The molecule has 0 saturated carbocycles. The molecule has 2 N–H and O–H groups in total. The lowest BCUT2D eigenvalue weighted by molar-refractivity contribution is 0.374. The molecule has 2 atom stereocenters. The van der Waals surface area contributed by atoms with E-state index in [4.69, 9.17) is 9.39 Å². The molecule has 0 aromatic heterocycles. The minimum atomic E-state index is -1.89. The van der Waals surface area contributed by atoms with Gasteiger partial charge in [-0.25, -0.2) is 4.21 Å². The second-order valence-electron chi connectivity index (χ2n) is 2.43. The highest BCUT2D eigenvalue weighted by Crippen LogP contribution is 2.23. The van der Waals surface area contributed by atoms with Crippen LogP contribution in [0.5, 0.6) is 0 Å². The summed E-state index contributed by atoms with van der Waals surface area (Å²) in [4.78, 5) is 5.21. The van der Waals surface area contributed by atoms with Gasteiger partial charge in [0.1, 0.15) is 0 Å². The average molecular weight is 185 g/mol. The molecule has 5 heteroatoms. The second-order valence-corrected chi connectivity index (χ2v) is 3.40. The zero-order chi connectivity index (χ0) is 8.55. The predicted molar refractivity (Wildman–Crippen MR) is 42.4 cm³/mol. The molecule has 0 bridgehead atoms. The maximum Gasteiger partial charge on any atom is 0.186 e. The summed E-state index contributed by atoms with van der Waals surface area (Å²) < 4.78 is 19.3. The van der Waals surface area contributed by atoms with E-state index in [0.717, 1.165) is 5.56 Å². The van der Waals surface area contributed by atoms with Crippen molar-refractivity contribution in [1.82, 2.24) is 5.48 Å². The van der Waals surface area contributed by atoms with Crippen molar-refractivity contribution >= 4 is 11.1 Å². The Morgan fingerprint density at radius 3 is 2.42 bits per heavy atom. The Labute approximate surface area is 71.8 Å². The maximum absolute atomic E-state index is 10.6. The zero-order valence-electron chi connectivity index (χ0n) is 6.06. The van der Waals surface area contributed by atoms with Crippen LogP contribution in [-0.4, -0.2) is 8.76 Å². The standard InChI is InChI=1S/C7H7NO3S/c9-12(10)6-3-1-5(2-4-6)7-8-11-7/h1-4,7-8H,(H,9,10). The van der Waals surface area contributed by atoms with Crippen molar-refractivity contribution < 1.29 is 13.6 Å². The number of rotatable bonds is 2. The molecule has 4 nitrogen and oxygen atoms in total. The van der Waals surface area contributed by atoms with E-state index in [1.54, 1.807) is 24.3 Å². The molecule has 0 radical (unpaired) electrons. The van der Waals surface area contributed by atoms with Crippen LogP contribution in [0.2, 0.25) is 0 Å². The van der Waals surface area contributed by atoms with Crippen LogP contribution in [0.3, 0.4) is 0 Å². The average Bonchev–Trinajstić information content (AvgIpc) is 2.87. The first-order chi connectivity index (χ1) is 5.77. The van der Waals surface area contributed by atoms with E-state index in [1.165, 1.54) is 0 Å². The molecule has 2 unspecified atom stereocenters. The van der Waals surface area contributed by atoms with Gasteiger partial charge in [0.25, 0.3) is 0 Å². The molecule has 0 amide bonds. The topological polar surface area (TPSA) is 71.8 Å². The first kappa shape index (κ1) is 7.88. The molecule has 1 saturated heterocycles.